The average Bonchev–Trinajstić information content (AvgIpc) is 2.71. The Kier molecular flexibility index (Phi) is 9.90. The van der Waals surface area contributed by atoms with Gasteiger partial charge in [-0.25, -0.2) is 14.0 Å². The van der Waals surface area contributed by atoms with E-state index in [1.54, 1.807) is 20.8 Å². The first-order chi connectivity index (χ1) is 15.5. The highest BCUT2D eigenvalue weighted by atomic mass is 19.1. The van der Waals surface area contributed by atoms with E-state index in [9.17, 15) is 29.1 Å². The van der Waals surface area contributed by atoms with Gasteiger partial charge in [0.25, 0.3) is 0 Å². The van der Waals surface area contributed by atoms with Crippen LogP contribution in [0.1, 0.15) is 45.6 Å². The maximum absolute atomic E-state index is 14.7. The maximum atomic E-state index is 14.7. The minimum Gasteiger partial charge on any atom is -0.491 e. The molecular formula is C21H31BFNO9. The van der Waals surface area contributed by atoms with Gasteiger partial charge in [-0.1, -0.05) is 6.07 Å². The van der Waals surface area contributed by atoms with Crippen LogP contribution in [0.5, 0.6) is 5.75 Å². The van der Waals surface area contributed by atoms with Crippen molar-refractivity contribution in [2.75, 3.05) is 19.8 Å². The molecule has 1 heterocycles. The summed E-state index contributed by atoms with van der Waals surface area (Å²) in [6.07, 6.45) is 0.791. The van der Waals surface area contributed by atoms with Gasteiger partial charge < -0.3 is 39.4 Å². The second-order valence-electron chi connectivity index (χ2n) is 8.57. The Balaban J connectivity index is 2.16. The first-order valence-electron chi connectivity index (χ1n) is 10.7. The number of benzene rings is 1. The fraction of sp³-hybridized carbons (Fsp3) is 0.619. The van der Waals surface area contributed by atoms with Crippen molar-refractivity contribution < 1.29 is 48.1 Å². The van der Waals surface area contributed by atoms with Gasteiger partial charge in [-0.2, -0.15) is 0 Å². The standard InChI is InChI=1S/C21H31BFNO9/c1-21(2,3)33-20(27)24-16(19(25)26)12-13-15(23)8-7-14(22(28)29)18(13)32-11-10-31-17-6-4-5-9-30-17/h7-8,16-17,28-29H,4-6,9-12H2,1-3H3,(H,24,27)(H,25,26)/t16-,17?/m0/s1. The molecule has 1 aliphatic heterocycles. The first kappa shape index (κ1) is 26.8. The Hall–Kier alpha value is -2.41. The topological polar surface area (TPSA) is 144 Å². The maximum Gasteiger partial charge on any atom is 0.492 e. The third-order valence-corrected chi connectivity index (χ3v) is 4.68. The lowest BCUT2D eigenvalue weighted by atomic mass is 9.78. The van der Waals surface area contributed by atoms with Crippen molar-refractivity contribution in [2.45, 2.75) is 64.4 Å². The second-order valence-corrected chi connectivity index (χ2v) is 8.57. The van der Waals surface area contributed by atoms with Crippen LogP contribution in [-0.2, 0) is 25.4 Å². The van der Waals surface area contributed by atoms with E-state index < -0.39 is 43.1 Å². The average molecular weight is 471 g/mol. The van der Waals surface area contributed by atoms with Crippen LogP contribution < -0.4 is 15.5 Å². The molecule has 0 spiro atoms. The first-order valence-corrected chi connectivity index (χ1v) is 10.7. The lowest BCUT2D eigenvalue weighted by Gasteiger charge is -2.24. The molecule has 1 unspecified atom stereocenters. The van der Waals surface area contributed by atoms with E-state index in [0.29, 0.717) is 6.61 Å². The van der Waals surface area contributed by atoms with E-state index in [4.69, 9.17) is 18.9 Å². The summed E-state index contributed by atoms with van der Waals surface area (Å²) in [4.78, 5) is 23.8. The van der Waals surface area contributed by atoms with Crippen LogP contribution in [0.25, 0.3) is 0 Å². The quantitative estimate of drug-likeness (QED) is 0.290. The summed E-state index contributed by atoms with van der Waals surface area (Å²) in [5.74, 6) is -2.49. The van der Waals surface area contributed by atoms with Crippen molar-refractivity contribution in [1.29, 1.82) is 0 Å². The molecule has 184 valence electrons. The zero-order valence-corrected chi connectivity index (χ0v) is 19.0. The second kappa shape index (κ2) is 12.2. The molecule has 1 saturated heterocycles. The lowest BCUT2D eigenvalue weighted by Crippen LogP contribution is -2.45. The molecule has 1 fully saturated rings. The third kappa shape index (κ3) is 8.80. The summed E-state index contributed by atoms with van der Waals surface area (Å²) in [5, 5.41) is 31.1. The molecule has 0 saturated carbocycles. The number of hydrogen-bond acceptors (Lipinski definition) is 8. The van der Waals surface area contributed by atoms with E-state index in [1.165, 1.54) is 0 Å². The van der Waals surface area contributed by atoms with Crippen LogP contribution in [0.15, 0.2) is 12.1 Å². The van der Waals surface area contributed by atoms with Crippen molar-refractivity contribution in [3.05, 3.63) is 23.5 Å². The number of hydrogen-bond donors (Lipinski definition) is 4. The van der Waals surface area contributed by atoms with Crippen LogP contribution in [0.3, 0.4) is 0 Å². The number of halogens is 1. The molecule has 1 aromatic rings. The molecule has 2 atom stereocenters. The monoisotopic (exact) mass is 471 g/mol. The number of carboxylic acid groups (broad SMARTS) is 1. The van der Waals surface area contributed by atoms with Crippen LogP contribution >= 0.6 is 0 Å². The van der Waals surface area contributed by atoms with Crippen molar-refractivity contribution in [3.8, 4) is 5.75 Å². The Morgan fingerprint density at radius 2 is 2.00 bits per heavy atom. The van der Waals surface area contributed by atoms with E-state index in [2.05, 4.69) is 5.32 Å². The summed E-state index contributed by atoms with van der Waals surface area (Å²) >= 11 is 0. The summed E-state index contributed by atoms with van der Waals surface area (Å²) < 4.78 is 36.4. The van der Waals surface area contributed by atoms with Gasteiger partial charge in [0, 0.05) is 24.1 Å². The summed E-state index contributed by atoms with van der Waals surface area (Å²) in [5.41, 5.74) is -1.25. The highest BCUT2D eigenvalue weighted by Crippen LogP contribution is 2.23. The Bertz CT molecular complexity index is 810. The van der Waals surface area contributed by atoms with Gasteiger partial charge >= 0.3 is 19.2 Å². The Morgan fingerprint density at radius 3 is 2.58 bits per heavy atom. The van der Waals surface area contributed by atoms with E-state index >= 15 is 0 Å². The molecule has 1 aliphatic rings. The summed E-state index contributed by atoms with van der Waals surface area (Å²) in [6, 6.07) is 0.533. The zero-order valence-electron chi connectivity index (χ0n) is 19.0. The van der Waals surface area contributed by atoms with E-state index in [-0.39, 0.29) is 36.3 Å². The van der Waals surface area contributed by atoms with Gasteiger partial charge in [0.05, 0.1) is 6.61 Å². The van der Waals surface area contributed by atoms with Gasteiger partial charge in [0.1, 0.15) is 29.8 Å². The number of amides is 1. The molecular weight excluding hydrogens is 440 g/mol. The number of alkyl carbamates (subject to hydrolysis) is 1. The smallest absolute Gasteiger partial charge is 0.491 e. The molecule has 0 radical (unpaired) electrons. The van der Waals surface area contributed by atoms with Gasteiger partial charge in [0.15, 0.2) is 6.29 Å². The predicted molar refractivity (Wildman–Crippen MR) is 116 cm³/mol. The van der Waals surface area contributed by atoms with Crippen molar-refractivity contribution in [3.63, 3.8) is 0 Å². The minimum absolute atomic E-state index is 0.0761. The molecule has 0 aromatic heterocycles. The van der Waals surface area contributed by atoms with Gasteiger partial charge in [-0.05, 0) is 46.1 Å². The Morgan fingerprint density at radius 1 is 1.27 bits per heavy atom. The van der Waals surface area contributed by atoms with Crippen molar-refractivity contribution in [1.82, 2.24) is 5.32 Å². The van der Waals surface area contributed by atoms with Crippen LogP contribution in [-0.4, -0.2) is 72.1 Å². The predicted octanol–water partition coefficient (Wildman–Crippen LogP) is 0.948. The fourth-order valence-corrected chi connectivity index (χ4v) is 3.21. The van der Waals surface area contributed by atoms with Gasteiger partial charge in [-0.3, -0.25) is 0 Å². The fourth-order valence-electron chi connectivity index (χ4n) is 3.21. The highest BCUT2D eigenvalue weighted by Gasteiger charge is 2.29. The number of carbonyl (C=O) groups is 2. The van der Waals surface area contributed by atoms with E-state index in [1.807, 2.05) is 0 Å². The number of aliphatic carboxylic acids is 1. The van der Waals surface area contributed by atoms with Crippen LogP contribution in [0.4, 0.5) is 9.18 Å². The zero-order chi connectivity index (χ0) is 24.6. The lowest BCUT2D eigenvalue weighted by molar-refractivity contribution is -0.165. The number of carboxylic acids is 1. The number of ether oxygens (including phenoxy) is 4. The van der Waals surface area contributed by atoms with Gasteiger partial charge in [-0.15, -0.1) is 0 Å². The molecule has 1 aromatic carbocycles. The van der Waals surface area contributed by atoms with Gasteiger partial charge in [0.2, 0.25) is 0 Å². The summed E-state index contributed by atoms with van der Waals surface area (Å²) in [7, 11) is -2.00. The molecule has 10 nitrogen and oxygen atoms in total. The normalized spacial score (nSPS) is 17.2. The van der Waals surface area contributed by atoms with Crippen molar-refractivity contribution >= 4 is 24.6 Å². The largest absolute Gasteiger partial charge is 0.492 e. The number of carbonyl (C=O) groups excluding carboxylic acids is 1. The third-order valence-electron chi connectivity index (χ3n) is 4.68. The SMILES string of the molecule is CC(C)(C)OC(=O)N[C@@H](Cc1c(F)ccc(B(O)O)c1OCCOC1CCCCO1)C(=O)O. The molecule has 0 bridgehead atoms. The van der Waals surface area contributed by atoms with E-state index in [0.717, 1.165) is 31.4 Å². The number of rotatable bonds is 10. The Labute approximate surface area is 192 Å². The van der Waals surface area contributed by atoms with Crippen molar-refractivity contribution in [2.24, 2.45) is 0 Å². The highest BCUT2D eigenvalue weighted by molar-refractivity contribution is 6.59. The van der Waals surface area contributed by atoms with Crippen LogP contribution in [0, 0.1) is 5.82 Å². The number of nitrogens with one attached hydrogen (secondary N) is 1. The van der Waals surface area contributed by atoms with Crippen LogP contribution in [0.2, 0.25) is 0 Å². The molecule has 2 rings (SSSR count). The molecule has 1 amide bonds. The minimum atomic E-state index is -2.00. The summed E-state index contributed by atoms with van der Waals surface area (Å²) in [6.45, 7) is 5.44. The molecule has 12 heteroatoms. The molecule has 4 N–H and O–H groups in total. The molecule has 0 aliphatic carbocycles. The molecule has 33 heavy (non-hydrogen) atoms.